The Hall–Kier alpha value is -2.51. The Morgan fingerprint density at radius 2 is 1.91 bits per heavy atom. The Balaban J connectivity index is 1.58. The third-order valence-electron chi connectivity index (χ3n) is 6.71. The second-order valence-electron chi connectivity index (χ2n) is 8.95. The fourth-order valence-corrected chi connectivity index (χ4v) is 5.06. The molecular weight excluding hydrogens is 427 g/mol. The Kier molecular flexibility index (Phi) is 6.11. The summed E-state index contributed by atoms with van der Waals surface area (Å²) in [6.45, 7) is 2.04. The molecule has 0 bridgehead atoms. The molecule has 2 aliphatic rings. The third-order valence-corrected chi connectivity index (χ3v) is 6.94. The molecule has 2 aromatic heterocycles. The van der Waals surface area contributed by atoms with E-state index in [1.165, 1.54) is 18.9 Å². The molecule has 3 heterocycles. The Bertz CT molecular complexity index is 1090. The van der Waals surface area contributed by atoms with Gasteiger partial charge in [0, 0.05) is 40.0 Å². The van der Waals surface area contributed by atoms with E-state index in [0.29, 0.717) is 34.2 Å². The van der Waals surface area contributed by atoms with E-state index in [-0.39, 0.29) is 0 Å². The van der Waals surface area contributed by atoms with Gasteiger partial charge in [-0.1, -0.05) is 24.4 Å². The van der Waals surface area contributed by atoms with Gasteiger partial charge in [0.2, 0.25) is 5.95 Å². The Morgan fingerprint density at radius 3 is 2.66 bits per heavy atom. The first-order valence-corrected chi connectivity index (χ1v) is 11.8. The van der Waals surface area contributed by atoms with Crippen molar-refractivity contribution in [2.75, 3.05) is 25.5 Å². The van der Waals surface area contributed by atoms with E-state index in [9.17, 15) is 4.39 Å². The summed E-state index contributed by atoms with van der Waals surface area (Å²) in [5.74, 6) is 0.546. The van der Waals surface area contributed by atoms with Gasteiger partial charge in [-0.05, 0) is 70.1 Å². The average molecular weight is 455 g/mol. The minimum Gasteiger partial charge on any atom is -0.351 e. The molecule has 0 radical (unpaired) electrons. The molecule has 1 aliphatic heterocycles. The molecule has 0 amide bonds. The van der Waals surface area contributed by atoms with Crippen molar-refractivity contribution in [2.45, 2.75) is 50.5 Å². The minimum absolute atomic E-state index is 0.319. The highest BCUT2D eigenvalue weighted by molar-refractivity contribution is 6.30. The molecular formula is C24H28ClFN6. The van der Waals surface area contributed by atoms with Crippen LogP contribution in [0.2, 0.25) is 5.02 Å². The number of benzene rings is 1. The molecule has 2 N–H and O–H groups in total. The number of nitrogens with one attached hydrogen (secondary N) is 2. The number of nitrogens with zero attached hydrogens (tertiary/aromatic N) is 4. The molecule has 168 valence electrons. The monoisotopic (exact) mass is 454 g/mol. The number of hydrogen-bond donors (Lipinski definition) is 2. The summed E-state index contributed by atoms with van der Waals surface area (Å²) in [7, 11) is 2.14. The van der Waals surface area contributed by atoms with Gasteiger partial charge in [0.1, 0.15) is 11.5 Å². The predicted octanol–water partition coefficient (Wildman–Crippen LogP) is 5.49. The zero-order valence-corrected chi connectivity index (χ0v) is 19.0. The van der Waals surface area contributed by atoms with E-state index in [1.807, 2.05) is 6.07 Å². The summed E-state index contributed by atoms with van der Waals surface area (Å²) in [6.07, 6.45) is 8.56. The molecule has 6 nitrogen and oxygen atoms in total. The fraction of sp³-hybridized carbons (Fsp3) is 0.458. The average Bonchev–Trinajstić information content (AvgIpc) is 3.45. The number of piperidine rings is 1. The Morgan fingerprint density at radius 1 is 1.12 bits per heavy atom. The highest BCUT2D eigenvalue weighted by Gasteiger charge is 2.28. The normalized spacial score (nSPS) is 18.3. The molecule has 1 aliphatic carbocycles. The number of anilines is 1. The second-order valence-corrected chi connectivity index (χ2v) is 9.39. The molecule has 0 atom stereocenters. The van der Waals surface area contributed by atoms with Crippen LogP contribution in [0.5, 0.6) is 0 Å². The van der Waals surface area contributed by atoms with Crippen LogP contribution in [0.25, 0.3) is 22.5 Å². The van der Waals surface area contributed by atoms with Gasteiger partial charge in [-0.15, -0.1) is 0 Å². The molecule has 32 heavy (non-hydrogen) atoms. The Labute approximate surface area is 192 Å². The van der Waals surface area contributed by atoms with Gasteiger partial charge < -0.3 is 10.2 Å². The van der Waals surface area contributed by atoms with Crippen LogP contribution < -0.4 is 5.32 Å². The first-order chi connectivity index (χ1) is 15.6. The summed E-state index contributed by atoms with van der Waals surface area (Å²) in [4.78, 5) is 11.6. The lowest BCUT2D eigenvalue weighted by Crippen LogP contribution is -2.29. The summed E-state index contributed by atoms with van der Waals surface area (Å²) in [6, 6.07) is 7.02. The fourth-order valence-electron chi connectivity index (χ4n) is 4.90. The van der Waals surface area contributed by atoms with Gasteiger partial charge in [-0.2, -0.15) is 5.10 Å². The SMILES string of the molecule is CN1CCC(c2[nH]nc(-c3ccc(Cl)cc3F)c2-c2ccnc(NC3CCCC3)n2)CC1. The van der Waals surface area contributed by atoms with Crippen molar-refractivity contribution in [3.05, 3.63) is 47.0 Å². The van der Waals surface area contributed by atoms with Crippen molar-refractivity contribution < 1.29 is 4.39 Å². The third kappa shape index (κ3) is 4.36. The van der Waals surface area contributed by atoms with Crippen LogP contribution in [-0.2, 0) is 0 Å². The van der Waals surface area contributed by atoms with Crippen LogP contribution >= 0.6 is 11.6 Å². The van der Waals surface area contributed by atoms with E-state index in [2.05, 4.69) is 32.4 Å². The van der Waals surface area contributed by atoms with Gasteiger partial charge in [-0.25, -0.2) is 14.4 Å². The van der Waals surface area contributed by atoms with Crippen molar-refractivity contribution >= 4 is 17.5 Å². The highest BCUT2D eigenvalue weighted by Crippen LogP contribution is 2.40. The smallest absolute Gasteiger partial charge is 0.223 e. The number of rotatable bonds is 5. The second kappa shape index (κ2) is 9.16. The molecule has 8 heteroatoms. The summed E-state index contributed by atoms with van der Waals surface area (Å²) < 4.78 is 14.9. The topological polar surface area (TPSA) is 69.7 Å². The zero-order chi connectivity index (χ0) is 22.1. The first-order valence-electron chi connectivity index (χ1n) is 11.4. The maximum Gasteiger partial charge on any atom is 0.223 e. The maximum atomic E-state index is 14.9. The lowest BCUT2D eigenvalue weighted by molar-refractivity contribution is 0.253. The van der Waals surface area contributed by atoms with Gasteiger partial charge in [-0.3, -0.25) is 5.10 Å². The van der Waals surface area contributed by atoms with E-state index >= 15 is 0 Å². The largest absolute Gasteiger partial charge is 0.351 e. The van der Waals surface area contributed by atoms with Crippen LogP contribution in [0.15, 0.2) is 30.5 Å². The van der Waals surface area contributed by atoms with Crippen LogP contribution in [0.4, 0.5) is 10.3 Å². The number of aromatic nitrogens is 4. The van der Waals surface area contributed by atoms with Crippen molar-refractivity contribution in [3.8, 4) is 22.5 Å². The summed E-state index contributed by atoms with van der Waals surface area (Å²) in [5, 5.41) is 11.7. The van der Waals surface area contributed by atoms with Crippen molar-refractivity contribution in [1.29, 1.82) is 0 Å². The lowest BCUT2D eigenvalue weighted by atomic mass is 9.89. The molecule has 1 saturated heterocycles. The first kappa shape index (κ1) is 21.3. The van der Waals surface area contributed by atoms with Gasteiger partial charge >= 0.3 is 0 Å². The van der Waals surface area contributed by atoms with Crippen molar-refractivity contribution in [1.82, 2.24) is 25.1 Å². The van der Waals surface area contributed by atoms with Crippen molar-refractivity contribution in [3.63, 3.8) is 0 Å². The number of likely N-dealkylation sites (tertiary alicyclic amines) is 1. The predicted molar refractivity (Wildman–Crippen MR) is 125 cm³/mol. The molecule has 0 spiro atoms. The maximum absolute atomic E-state index is 14.9. The van der Waals surface area contributed by atoms with Gasteiger partial charge in [0.05, 0.1) is 5.69 Å². The zero-order valence-electron chi connectivity index (χ0n) is 18.2. The number of hydrogen-bond acceptors (Lipinski definition) is 5. The number of halogens is 2. The van der Waals surface area contributed by atoms with Crippen LogP contribution in [0.3, 0.4) is 0 Å². The van der Waals surface area contributed by atoms with Crippen LogP contribution in [-0.4, -0.2) is 51.2 Å². The summed E-state index contributed by atoms with van der Waals surface area (Å²) in [5.41, 5.74) is 3.63. The van der Waals surface area contributed by atoms with E-state index in [0.717, 1.165) is 55.7 Å². The number of aromatic amines is 1. The number of H-pyrrole nitrogens is 1. The molecule has 0 unspecified atom stereocenters. The highest BCUT2D eigenvalue weighted by atomic mass is 35.5. The molecule has 2 fully saturated rings. The van der Waals surface area contributed by atoms with Crippen LogP contribution in [0, 0.1) is 5.82 Å². The van der Waals surface area contributed by atoms with Crippen LogP contribution in [0.1, 0.15) is 50.1 Å². The lowest BCUT2D eigenvalue weighted by Gasteiger charge is -2.28. The van der Waals surface area contributed by atoms with Gasteiger partial charge in [0.15, 0.2) is 0 Å². The van der Waals surface area contributed by atoms with E-state index in [1.54, 1.807) is 18.3 Å². The molecule has 5 rings (SSSR count). The molecule has 3 aromatic rings. The summed E-state index contributed by atoms with van der Waals surface area (Å²) >= 11 is 6.00. The van der Waals surface area contributed by atoms with Crippen molar-refractivity contribution in [2.24, 2.45) is 0 Å². The molecule has 1 aromatic carbocycles. The minimum atomic E-state index is -0.390. The van der Waals surface area contributed by atoms with E-state index < -0.39 is 5.82 Å². The van der Waals surface area contributed by atoms with E-state index in [4.69, 9.17) is 16.6 Å². The quantitative estimate of drug-likeness (QED) is 0.533. The standard InChI is InChI=1S/C24H28ClFN6/c1-32-12-9-15(10-13-32)22-21(23(31-30-22)18-7-6-16(25)14-19(18)26)20-8-11-27-24(29-20)28-17-4-2-3-5-17/h6-8,11,14-15,17H,2-5,9-10,12-13H2,1H3,(H,30,31)(H,27,28,29). The van der Waals surface area contributed by atoms with Gasteiger partial charge in [0.25, 0.3) is 0 Å². The molecule has 1 saturated carbocycles.